The second kappa shape index (κ2) is 11.2. The molecule has 0 aromatic heterocycles. The van der Waals surface area contributed by atoms with E-state index in [-0.39, 0.29) is 5.70 Å². The van der Waals surface area contributed by atoms with Crippen molar-refractivity contribution >= 4 is 40.5 Å². The molecule has 0 bridgehead atoms. The van der Waals surface area contributed by atoms with E-state index in [0.29, 0.717) is 30.6 Å². The maximum absolute atomic E-state index is 12.5. The van der Waals surface area contributed by atoms with Crippen molar-refractivity contribution < 1.29 is 19.0 Å². The van der Waals surface area contributed by atoms with Crippen molar-refractivity contribution in [3.05, 3.63) is 135 Å². The van der Waals surface area contributed by atoms with Crippen LogP contribution >= 0.6 is 22.6 Å². The predicted octanol–water partition coefficient (Wildman–Crippen LogP) is 6.79. The Bertz CT molecular complexity index is 1430. The van der Waals surface area contributed by atoms with Gasteiger partial charge in [0.15, 0.2) is 17.2 Å². The number of hydrogen-bond donors (Lipinski definition) is 0. The number of benzene rings is 4. The first-order chi connectivity index (χ1) is 17.6. The highest BCUT2D eigenvalue weighted by atomic mass is 127. The van der Waals surface area contributed by atoms with Gasteiger partial charge in [-0.3, -0.25) is 0 Å². The quantitative estimate of drug-likeness (QED) is 0.129. The Balaban J connectivity index is 1.41. The van der Waals surface area contributed by atoms with Crippen LogP contribution in [0.25, 0.3) is 6.08 Å². The molecule has 36 heavy (non-hydrogen) atoms. The molecule has 178 valence electrons. The highest BCUT2D eigenvalue weighted by Gasteiger charge is 2.24. The van der Waals surface area contributed by atoms with Crippen LogP contribution in [-0.4, -0.2) is 11.9 Å². The van der Waals surface area contributed by atoms with Gasteiger partial charge in [0, 0.05) is 9.13 Å². The van der Waals surface area contributed by atoms with E-state index in [0.717, 1.165) is 25.8 Å². The molecule has 0 radical (unpaired) electrons. The molecule has 0 saturated carbocycles. The van der Waals surface area contributed by atoms with E-state index >= 15 is 0 Å². The topological polar surface area (TPSA) is 57.1 Å². The molecule has 6 heteroatoms. The van der Waals surface area contributed by atoms with E-state index in [2.05, 4.69) is 27.6 Å². The standard InChI is InChI=1S/C30H22INO4/c31-25-13-7-12-24(18-25)29-32-26(30(33)36-29)16-23-14-15-27(34-19-21-8-3-1-4-9-21)28(17-23)35-20-22-10-5-2-6-11-22/h1-18H,19-20H2/b26-16+. The number of rotatable bonds is 8. The lowest BCUT2D eigenvalue weighted by Gasteiger charge is -2.14. The summed E-state index contributed by atoms with van der Waals surface area (Å²) in [5.74, 6) is 1.01. The highest BCUT2D eigenvalue weighted by molar-refractivity contribution is 14.1. The van der Waals surface area contributed by atoms with E-state index in [1.165, 1.54) is 0 Å². The summed E-state index contributed by atoms with van der Waals surface area (Å²) in [4.78, 5) is 16.9. The zero-order chi connectivity index (χ0) is 24.7. The number of ether oxygens (including phenoxy) is 3. The van der Waals surface area contributed by atoms with Gasteiger partial charge in [0.2, 0.25) is 5.90 Å². The maximum atomic E-state index is 12.5. The van der Waals surface area contributed by atoms with E-state index in [9.17, 15) is 4.79 Å². The number of carbonyl (C=O) groups excluding carboxylic acids is 1. The van der Waals surface area contributed by atoms with Gasteiger partial charge in [-0.1, -0.05) is 72.8 Å². The molecule has 0 fully saturated rings. The first-order valence-corrected chi connectivity index (χ1v) is 12.5. The molecule has 4 aromatic carbocycles. The summed E-state index contributed by atoms with van der Waals surface area (Å²) >= 11 is 2.21. The molecule has 0 N–H and O–H groups in total. The van der Waals surface area contributed by atoms with Crippen LogP contribution in [0.4, 0.5) is 0 Å². The van der Waals surface area contributed by atoms with Crippen LogP contribution in [0.15, 0.2) is 114 Å². The average Bonchev–Trinajstić information content (AvgIpc) is 3.28. The summed E-state index contributed by atoms with van der Waals surface area (Å²) in [6, 6.07) is 33.1. The normalized spacial score (nSPS) is 13.9. The maximum Gasteiger partial charge on any atom is 0.363 e. The van der Waals surface area contributed by atoms with Gasteiger partial charge in [-0.2, -0.15) is 0 Å². The van der Waals surface area contributed by atoms with Gasteiger partial charge >= 0.3 is 5.97 Å². The van der Waals surface area contributed by atoms with Gasteiger partial charge in [0.25, 0.3) is 0 Å². The molecule has 0 unspecified atom stereocenters. The number of aliphatic imine (C=N–C) groups is 1. The van der Waals surface area contributed by atoms with Crippen LogP contribution in [0, 0.1) is 3.57 Å². The van der Waals surface area contributed by atoms with Crippen molar-refractivity contribution in [2.24, 2.45) is 4.99 Å². The number of halogens is 1. The largest absolute Gasteiger partial charge is 0.485 e. The second-order valence-electron chi connectivity index (χ2n) is 8.10. The molecular formula is C30H22INO4. The van der Waals surface area contributed by atoms with Gasteiger partial charge in [-0.15, -0.1) is 0 Å². The zero-order valence-electron chi connectivity index (χ0n) is 19.3. The Morgan fingerprint density at radius 3 is 2.08 bits per heavy atom. The average molecular weight is 587 g/mol. The van der Waals surface area contributed by atoms with Crippen LogP contribution in [-0.2, 0) is 22.7 Å². The van der Waals surface area contributed by atoms with Crippen LogP contribution in [0.3, 0.4) is 0 Å². The van der Waals surface area contributed by atoms with Crippen molar-refractivity contribution in [3.63, 3.8) is 0 Å². The Hall–Kier alpha value is -3.91. The molecule has 0 amide bonds. The lowest BCUT2D eigenvalue weighted by atomic mass is 10.1. The lowest BCUT2D eigenvalue weighted by Crippen LogP contribution is -2.05. The Morgan fingerprint density at radius 1 is 0.750 bits per heavy atom. The first kappa shape index (κ1) is 23.8. The summed E-state index contributed by atoms with van der Waals surface area (Å²) in [5.41, 5.74) is 3.85. The van der Waals surface area contributed by atoms with Crippen LogP contribution in [0.5, 0.6) is 11.5 Å². The van der Waals surface area contributed by atoms with Gasteiger partial charge < -0.3 is 14.2 Å². The van der Waals surface area contributed by atoms with E-state index in [4.69, 9.17) is 14.2 Å². The minimum absolute atomic E-state index is 0.232. The first-order valence-electron chi connectivity index (χ1n) is 11.4. The Morgan fingerprint density at radius 2 is 1.42 bits per heavy atom. The predicted molar refractivity (Wildman–Crippen MR) is 148 cm³/mol. The minimum Gasteiger partial charge on any atom is -0.485 e. The molecule has 5 rings (SSSR count). The summed E-state index contributed by atoms with van der Waals surface area (Å²) in [7, 11) is 0. The van der Waals surface area contributed by atoms with Crippen LogP contribution in [0.2, 0.25) is 0 Å². The lowest BCUT2D eigenvalue weighted by molar-refractivity contribution is -0.129. The summed E-state index contributed by atoms with van der Waals surface area (Å²) in [5, 5.41) is 0. The molecule has 1 aliphatic rings. The molecule has 0 atom stereocenters. The van der Waals surface area contributed by atoms with Crippen molar-refractivity contribution in [1.29, 1.82) is 0 Å². The number of hydrogen-bond acceptors (Lipinski definition) is 5. The van der Waals surface area contributed by atoms with Gasteiger partial charge in [-0.05, 0) is 75.7 Å². The molecule has 1 heterocycles. The summed E-state index contributed by atoms with van der Waals surface area (Å²) < 4.78 is 18.7. The van der Waals surface area contributed by atoms with Crippen LogP contribution in [0.1, 0.15) is 22.3 Å². The fourth-order valence-corrected chi connectivity index (χ4v) is 4.17. The second-order valence-corrected chi connectivity index (χ2v) is 9.35. The van der Waals surface area contributed by atoms with Crippen molar-refractivity contribution in [2.45, 2.75) is 13.2 Å². The van der Waals surface area contributed by atoms with Crippen molar-refractivity contribution in [2.75, 3.05) is 0 Å². The van der Waals surface area contributed by atoms with Gasteiger partial charge in [0.1, 0.15) is 13.2 Å². The summed E-state index contributed by atoms with van der Waals surface area (Å²) in [6.07, 6.45) is 1.69. The molecule has 0 saturated heterocycles. The number of carbonyl (C=O) groups is 1. The number of nitrogens with zero attached hydrogens (tertiary/aromatic N) is 1. The van der Waals surface area contributed by atoms with E-state index in [1.54, 1.807) is 6.08 Å². The van der Waals surface area contributed by atoms with E-state index in [1.807, 2.05) is 103 Å². The fourth-order valence-electron chi connectivity index (χ4n) is 3.63. The third kappa shape index (κ3) is 6.01. The smallest absolute Gasteiger partial charge is 0.363 e. The van der Waals surface area contributed by atoms with Crippen LogP contribution < -0.4 is 9.47 Å². The molecule has 5 nitrogen and oxygen atoms in total. The molecule has 4 aromatic rings. The molecule has 0 spiro atoms. The Kier molecular flexibility index (Phi) is 7.42. The number of esters is 1. The SMILES string of the molecule is O=C1OC(c2cccc(I)c2)=N/C1=C/c1ccc(OCc2ccccc2)c(OCc2ccccc2)c1. The highest BCUT2D eigenvalue weighted by Crippen LogP contribution is 2.31. The summed E-state index contributed by atoms with van der Waals surface area (Å²) in [6.45, 7) is 0.804. The fraction of sp³-hybridized carbons (Fsp3) is 0.0667. The van der Waals surface area contributed by atoms with E-state index < -0.39 is 5.97 Å². The third-order valence-electron chi connectivity index (χ3n) is 5.44. The third-order valence-corrected chi connectivity index (χ3v) is 6.11. The van der Waals surface area contributed by atoms with Crippen molar-refractivity contribution in [1.82, 2.24) is 0 Å². The van der Waals surface area contributed by atoms with Gasteiger partial charge in [0.05, 0.1) is 0 Å². The molecular weight excluding hydrogens is 565 g/mol. The zero-order valence-corrected chi connectivity index (χ0v) is 21.4. The number of cyclic esters (lactones) is 1. The Labute approximate surface area is 223 Å². The van der Waals surface area contributed by atoms with Crippen molar-refractivity contribution in [3.8, 4) is 11.5 Å². The molecule has 0 aliphatic carbocycles. The molecule has 1 aliphatic heterocycles. The van der Waals surface area contributed by atoms with Gasteiger partial charge in [-0.25, -0.2) is 9.79 Å². The minimum atomic E-state index is -0.486. The monoisotopic (exact) mass is 587 g/mol.